The van der Waals surface area contributed by atoms with Crippen molar-refractivity contribution in [2.75, 3.05) is 14.2 Å². The fourth-order valence-electron chi connectivity index (χ4n) is 0.583. The molecule has 0 aromatic carbocycles. The van der Waals surface area contributed by atoms with Gasteiger partial charge in [-0.3, -0.25) is 0 Å². The molecular formula is C5H10N2O3P2. The lowest BCUT2D eigenvalue weighted by Crippen LogP contribution is -2.12. The number of rotatable bonds is 4. The minimum absolute atomic E-state index is 0.135. The Hall–Kier alpha value is -0.300. The highest BCUT2D eigenvalue weighted by atomic mass is 31.2. The summed E-state index contributed by atoms with van der Waals surface area (Å²) in [4.78, 5) is 2.82. The summed E-state index contributed by atoms with van der Waals surface area (Å²) in [6.45, 7) is 1.57. The summed E-state index contributed by atoms with van der Waals surface area (Å²) in [6, 6.07) is 0. The van der Waals surface area contributed by atoms with Crippen LogP contribution in [0.4, 0.5) is 0 Å². The van der Waals surface area contributed by atoms with Gasteiger partial charge in [-0.25, -0.2) is 4.57 Å². The molecule has 0 radical (unpaired) electrons. The summed E-state index contributed by atoms with van der Waals surface area (Å²) in [6.07, 6.45) is 0. The first kappa shape index (κ1) is 11.7. The normalized spacial score (nSPS) is 10.6. The fourth-order valence-corrected chi connectivity index (χ4v) is 2.06. The molecule has 0 fully saturated rings. The third-order valence-electron chi connectivity index (χ3n) is 1.17. The van der Waals surface area contributed by atoms with Crippen LogP contribution in [0.1, 0.15) is 6.92 Å². The molecule has 0 amide bonds. The molecule has 0 unspecified atom stereocenters. The number of hydrogen-bond donors (Lipinski definition) is 0. The molecule has 0 saturated carbocycles. The molecule has 0 N–H and O–H groups in total. The lowest BCUT2D eigenvalue weighted by Gasteiger charge is -2.07. The van der Waals surface area contributed by atoms with Gasteiger partial charge in [0.2, 0.25) is 0 Å². The topological polar surface area (TPSA) is 71.9 Å². The van der Waals surface area contributed by atoms with Crippen LogP contribution >= 0.6 is 16.5 Å². The Bertz CT molecular complexity index is 274. The lowest BCUT2D eigenvalue weighted by atomic mass is 10.5. The smallest absolute Gasteiger partial charge is 0.360 e. The summed E-state index contributed by atoms with van der Waals surface area (Å²) < 4.78 is 20.7. The first-order chi connectivity index (χ1) is 5.51. The van der Waals surface area contributed by atoms with Gasteiger partial charge in [0.15, 0.2) is 0 Å². The summed E-state index contributed by atoms with van der Waals surface area (Å²) in [5, 5.41) is 0.393. The summed E-state index contributed by atoms with van der Waals surface area (Å²) >= 11 is 0. The van der Waals surface area contributed by atoms with Crippen molar-refractivity contribution in [3.8, 4) is 0 Å². The maximum Gasteiger partial charge on any atom is 0.442 e. The molecule has 68 valence electrons. The lowest BCUT2D eigenvalue weighted by molar-refractivity contribution is 0.000287. The first-order valence-electron chi connectivity index (χ1n) is 3.01. The second-order valence-electron chi connectivity index (χ2n) is 1.91. The summed E-state index contributed by atoms with van der Waals surface area (Å²) in [5.74, 6) is 0. The second-order valence-corrected chi connectivity index (χ2v) is 4.81. The Kier molecular flexibility index (Phi) is 4.54. The van der Waals surface area contributed by atoms with Crippen LogP contribution in [-0.4, -0.2) is 29.8 Å². The molecule has 5 nitrogen and oxygen atoms in total. The zero-order valence-corrected chi connectivity index (χ0v) is 8.96. The molecule has 0 spiro atoms. The SMILES string of the molecule is COP(=O)(OC)C(=[N+]=[N-])C(C)=P. The van der Waals surface area contributed by atoms with Gasteiger partial charge >= 0.3 is 13.0 Å². The zero-order chi connectivity index (χ0) is 9.78. The van der Waals surface area contributed by atoms with Crippen molar-refractivity contribution in [1.29, 1.82) is 0 Å². The molecular weight excluding hydrogens is 198 g/mol. The molecule has 7 heteroatoms. The molecule has 0 aliphatic carbocycles. The molecule has 0 heterocycles. The number of nitrogens with zero attached hydrogens (tertiary/aromatic N) is 2. The Morgan fingerprint density at radius 3 is 2.00 bits per heavy atom. The van der Waals surface area contributed by atoms with Gasteiger partial charge in [-0.05, 0) is 6.92 Å². The van der Waals surface area contributed by atoms with Crippen molar-refractivity contribution >= 4 is 27.2 Å². The van der Waals surface area contributed by atoms with E-state index in [4.69, 9.17) is 5.53 Å². The van der Waals surface area contributed by atoms with E-state index in [0.717, 1.165) is 0 Å². The van der Waals surface area contributed by atoms with Gasteiger partial charge in [0.1, 0.15) is 0 Å². The van der Waals surface area contributed by atoms with Crippen LogP contribution in [0.2, 0.25) is 0 Å². The van der Waals surface area contributed by atoms with Gasteiger partial charge in [-0.1, -0.05) is 0 Å². The molecule has 0 aliphatic heterocycles. The Morgan fingerprint density at radius 2 is 1.92 bits per heavy atom. The van der Waals surface area contributed by atoms with E-state index in [-0.39, 0.29) is 5.45 Å². The van der Waals surface area contributed by atoms with Gasteiger partial charge in [0.05, 0.1) is 5.29 Å². The maximum absolute atomic E-state index is 11.5. The summed E-state index contributed by atoms with van der Waals surface area (Å²) in [5.41, 5.74) is 8.36. The van der Waals surface area contributed by atoms with Crippen LogP contribution in [0.5, 0.6) is 0 Å². The van der Waals surface area contributed by atoms with Crippen molar-refractivity contribution < 1.29 is 18.4 Å². The Balaban J connectivity index is 5.11. The molecule has 12 heavy (non-hydrogen) atoms. The third kappa shape index (κ3) is 2.34. The first-order valence-corrected chi connectivity index (χ1v) is 5.05. The summed E-state index contributed by atoms with van der Waals surface area (Å²) in [7, 11) is 2.06. The van der Waals surface area contributed by atoms with Crippen molar-refractivity contribution in [1.82, 2.24) is 0 Å². The maximum atomic E-state index is 11.5. The van der Waals surface area contributed by atoms with Crippen molar-refractivity contribution in [3.05, 3.63) is 5.53 Å². The van der Waals surface area contributed by atoms with Gasteiger partial charge in [0, 0.05) is 14.2 Å². The van der Waals surface area contributed by atoms with Crippen molar-refractivity contribution in [2.24, 2.45) is 0 Å². The Labute approximate surface area is 73.1 Å². The average Bonchev–Trinajstić information content (AvgIpc) is 2.04. The van der Waals surface area contributed by atoms with E-state index in [1.807, 2.05) is 0 Å². The molecule has 0 saturated heterocycles. The molecule has 0 aromatic heterocycles. The minimum atomic E-state index is -3.43. The molecule has 0 rings (SSSR count). The second kappa shape index (κ2) is 4.66. The van der Waals surface area contributed by atoms with Crippen LogP contribution in [0, 0.1) is 0 Å². The zero-order valence-electron chi connectivity index (χ0n) is 7.07. The fraction of sp³-hybridized carbons (Fsp3) is 0.600. The molecule has 0 aliphatic rings. The van der Waals surface area contributed by atoms with Crippen LogP contribution in [0.3, 0.4) is 0 Å². The van der Waals surface area contributed by atoms with E-state index >= 15 is 0 Å². The van der Waals surface area contributed by atoms with Gasteiger partial charge < -0.3 is 14.6 Å². The van der Waals surface area contributed by atoms with E-state index in [1.54, 1.807) is 6.92 Å². The van der Waals surface area contributed by atoms with E-state index in [0.29, 0.717) is 5.29 Å². The molecule has 0 aromatic rings. The standard InChI is InChI=1S/C5H10N2O3P2/c1-4(11)5(7-6)12(8,9-2)10-3/h11H,1-3H3. The highest BCUT2D eigenvalue weighted by molar-refractivity contribution is 7.76. The average molecular weight is 208 g/mol. The van der Waals surface area contributed by atoms with Crippen LogP contribution < -0.4 is 0 Å². The largest absolute Gasteiger partial charge is 0.442 e. The quantitative estimate of drug-likeness (QED) is 0.303. The van der Waals surface area contributed by atoms with E-state index in [1.165, 1.54) is 14.2 Å². The van der Waals surface area contributed by atoms with Crippen LogP contribution in [-0.2, 0) is 13.6 Å². The molecule has 0 atom stereocenters. The predicted molar refractivity (Wildman–Crippen MR) is 49.2 cm³/mol. The van der Waals surface area contributed by atoms with Gasteiger partial charge in [-0.2, -0.15) is 4.79 Å². The van der Waals surface area contributed by atoms with Crippen molar-refractivity contribution in [2.45, 2.75) is 6.92 Å². The van der Waals surface area contributed by atoms with E-state index in [9.17, 15) is 4.57 Å². The van der Waals surface area contributed by atoms with E-state index < -0.39 is 7.60 Å². The van der Waals surface area contributed by atoms with Gasteiger partial charge in [0.25, 0.3) is 0 Å². The third-order valence-corrected chi connectivity index (χ3v) is 3.52. The van der Waals surface area contributed by atoms with Crippen LogP contribution in [0.15, 0.2) is 0 Å². The number of hydrogen-bond acceptors (Lipinski definition) is 3. The molecule has 0 bridgehead atoms. The Morgan fingerprint density at radius 1 is 1.50 bits per heavy atom. The predicted octanol–water partition coefficient (Wildman–Crippen LogP) is 1.44. The highest BCUT2D eigenvalue weighted by Gasteiger charge is 2.38. The highest BCUT2D eigenvalue weighted by Crippen LogP contribution is 2.47. The monoisotopic (exact) mass is 208 g/mol. The van der Waals surface area contributed by atoms with Gasteiger partial charge in [-0.15, -0.1) is 8.86 Å². The van der Waals surface area contributed by atoms with Crippen molar-refractivity contribution in [3.63, 3.8) is 0 Å². The van der Waals surface area contributed by atoms with Crippen LogP contribution in [0.25, 0.3) is 5.53 Å². The minimum Gasteiger partial charge on any atom is -0.360 e. The van der Waals surface area contributed by atoms with E-state index in [2.05, 4.69) is 22.7 Å².